The van der Waals surface area contributed by atoms with Gasteiger partial charge in [0.2, 0.25) is 0 Å². The van der Waals surface area contributed by atoms with Crippen molar-refractivity contribution >= 4 is 38.8 Å². The maximum absolute atomic E-state index is 5.79. The van der Waals surface area contributed by atoms with Gasteiger partial charge >= 0.3 is 0 Å². The highest BCUT2D eigenvalue weighted by atomic mass is 79.9. The lowest BCUT2D eigenvalue weighted by Crippen LogP contribution is -2.34. The number of anilines is 1. The van der Waals surface area contributed by atoms with Crippen LogP contribution < -0.4 is 10.6 Å². The summed E-state index contributed by atoms with van der Waals surface area (Å²) in [5, 5.41) is 0. The second kappa shape index (κ2) is 6.36. The molecule has 0 saturated heterocycles. The summed E-state index contributed by atoms with van der Waals surface area (Å²) in [5.74, 6) is 0. The fraction of sp³-hybridized carbons (Fsp3) is 0.462. The standard InChI is InChI=1S/C13H19BrN2S/c1-4-9(3)16(5-2)12-8-10(14)6-7-11(12)13(15)17/h6-9H,4-5H2,1-3H3,(H2,15,17). The third-order valence-corrected chi connectivity index (χ3v) is 3.71. The molecule has 0 aliphatic heterocycles. The van der Waals surface area contributed by atoms with Crippen LogP contribution in [0, 0.1) is 0 Å². The molecule has 4 heteroatoms. The Labute approximate surface area is 117 Å². The van der Waals surface area contributed by atoms with Crippen LogP contribution in [-0.4, -0.2) is 17.6 Å². The molecule has 0 heterocycles. The van der Waals surface area contributed by atoms with Gasteiger partial charge in [-0.05, 0) is 38.5 Å². The first-order chi connectivity index (χ1) is 8.01. The lowest BCUT2D eigenvalue weighted by Gasteiger charge is -2.31. The zero-order valence-corrected chi connectivity index (χ0v) is 12.9. The van der Waals surface area contributed by atoms with Crippen LogP contribution in [0.2, 0.25) is 0 Å². The third-order valence-electron chi connectivity index (χ3n) is 3.00. The number of thiocarbonyl (C=S) groups is 1. The number of nitrogens with zero attached hydrogens (tertiary/aromatic N) is 1. The van der Waals surface area contributed by atoms with E-state index in [-0.39, 0.29) is 0 Å². The minimum Gasteiger partial charge on any atom is -0.389 e. The number of nitrogens with two attached hydrogens (primary N) is 1. The van der Waals surface area contributed by atoms with Gasteiger partial charge in [-0.2, -0.15) is 0 Å². The highest BCUT2D eigenvalue weighted by Gasteiger charge is 2.16. The third kappa shape index (κ3) is 3.42. The molecule has 17 heavy (non-hydrogen) atoms. The van der Waals surface area contributed by atoms with Crippen molar-refractivity contribution in [2.75, 3.05) is 11.4 Å². The van der Waals surface area contributed by atoms with Gasteiger partial charge in [0, 0.05) is 28.3 Å². The zero-order chi connectivity index (χ0) is 13.0. The van der Waals surface area contributed by atoms with E-state index in [2.05, 4.69) is 47.7 Å². The van der Waals surface area contributed by atoms with Crippen LogP contribution >= 0.6 is 28.1 Å². The number of rotatable bonds is 5. The molecule has 0 spiro atoms. The molecule has 1 rings (SSSR count). The average Bonchev–Trinajstić information content (AvgIpc) is 2.29. The normalized spacial score (nSPS) is 12.2. The summed E-state index contributed by atoms with van der Waals surface area (Å²) in [4.78, 5) is 2.79. The van der Waals surface area contributed by atoms with Crippen molar-refractivity contribution in [3.63, 3.8) is 0 Å². The van der Waals surface area contributed by atoms with Crippen LogP contribution in [0.4, 0.5) is 5.69 Å². The van der Waals surface area contributed by atoms with Crippen molar-refractivity contribution in [2.24, 2.45) is 5.73 Å². The molecule has 0 saturated carbocycles. The summed E-state index contributed by atoms with van der Waals surface area (Å²) in [7, 11) is 0. The highest BCUT2D eigenvalue weighted by molar-refractivity contribution is 9.10. The van der Waals surface area contributed by atoms with Crippen molar-refractivity contribution in [3.05, 3.63) is 28.2 Å². The molecule has 2 N–H and O–H groups in total. The number of hydrogen-bond acceptors (Lipinski definition) is 2. The van der Waals surface area contributed by atoms with Gasteiger partial charge in [-0.15, -0.1) is 0 Å². The molecule has 0 aliphatic rings. The Morgan fingerprint density at radius 1 is 1.47 bits per heavy atom. The molecule has 0 bridgehead atoms. The van der Waals surface area contributed by atoms with Crippen molar-refractivity contribution < 1.29 is 0 Å². The van der Waals surface area contributed by atoms with E-state index in [1.54, 1.807) is 0 Å². The minimum atomic E-state index is 0.453. The Kier molecular flexibility index (Phi) is 5.40. The predicted molar refractivity (Wildman–Crippen MR) is 82.8 cm³/mol. The Bertz CT molecular complexity index is 406. The molecule has 1 aromatic rings. The molecular weight excluding hydrogens is 296 g/mol. The van der Waals surface area contributed by atoms with Crippen LogP contribution in [0.25, 0.3) is 0 Å². The minimum absolute atomic E-state index is 0.453. The van der Waals surface area contributed by atoms with Gasteiger partial charge in [-0.25, -0.2) is 0 Å². The van der Waals surface area contributed by atoms with Crippen LogP contribution in [0.5, 0.6) is 0 Å². The quantitative estimate of drug-likeness (QED) is 0.840. The maximum atomic E-state index is 5.79. The number of hydrogen-bond donors (Lipinski definition) is 1. The second-order valence-electron chi connectivity index (χ2n) is 4.07. The van der Waals surface area contributed by atoms with E-state index in [0.29, 0.717) is 11.0 Å². The summed E-state index contributed by atoms with van der Waals surface area (Å²) in [6, 6.07) is 6.52. The molecule has 0 aromatic heterocycles. The van der Waals surface area contributed by atoms with Crippen molar-refractivity contribution in [3.8, 4) is 0 Å². The molecule has 1 unspecified atom stereocenters. The van der Waals surface area contributed by atoms with E-state index in [0.717, 1.165) is 28.7 Å². The first-order valence-electron chi connectivity index (χ1n) is 5.87. The van der Waals surface area contributed by atoms with E-state index in [4.69, 9.17) is 18.0 Å². The highest BCUT2D eigenvalue weighted by Crippen LogP contribution is 2.27. The number of halogens is 1. The summed E-state index contributed by atoms with van der Waals surface area (Å²) in [6.07, 6.45) is 1.09. The zero-order valence-electron chi connectivity index (χ0n) is 10.5. The van der Waals surface area contributed by atoms with Crippen molar-refractivity contribution in [2.45, 2.75) is 33.2 Å². The van der Waals surface area contributed by atoms with Crippen molar-refractivity contribution in [1.82, 2.24) is 0 Å². The molecular formula is C13H19BrN2S. The molecule has 1 atom stereocenters. The van der Waals surface area contributed by atoms with Gasteiger partial charge in [0.25, 0.3) is 0 Å². The van der Waals surface area contributed by atoms with E-state index in [1.165, 1.54) is 0 Å². The summed E-state index contributed by atoms with van der Waals surface area (Å²) in [6.45, 7) is 7.50. The van der Waals surface area contributed by atoms with E-state index >= 15 is 0 Å². The molecule has 94 valence electrons. The summed E-state index contributed by atoms with van der Waals surface area (Å²) in [5.41, 5.74) is 7.85. The topological polar surface area (TPSA) is 29.3 Å². The summed E-state index contributed by atoms with van der Waals surface area (Å²) < 4.78 is 1.05. The Hall–Kier alpha value is -0.610. The van der Waals surface area contributed by atoms with Crippen LogP contribution in [0.15, 0.2) is 22.7 Å². The van der Waals surface area contributed by atoms with Gasteiger partial charge in [-0.3, -0.25) is 0 Å². The van der Waals surface area contributed by atoms with Crippen LogP contribution in [0.1, 0.15) is 32.8 Å². The Morgan fingerprint density at radius 3 is 2.59 bits per heavy atom. The average molecular weight is 315 g/mol. The smallest absolute Gasteiger partial charge is 0.106 e. The lowest BCUT2D eigenvalue weighted by atomic mass is 10.1. The fourth-order valence-electron chi connectivity index (χ4n) is 1.89. The maximum Gasteiger partial charge on any atom is 0.106 e. The van der Waals surface area contributed by atoms with Gasteiger partial charge in [0.1, 0.15) is 4.99 Å². The predicted octanol–water partition coefficient (Wildman–Crippen LogP) is 3.71. The fourth-order valence-corrected chi connectivity index (χ4v) is 2.41. The van der Waals surface area contributed by atoms with E-state index in [1.807, 2.05) is 12.1 Å². The van der Waals surface area contributed by atoms with Gasteiger partial charge in [-0.1, -0.05) is 35.1 Å². The largest absolute Gasteiger partial charge is 0.389 e. The van der Waals surface area contributed by atoms with E-state index < -0.39 is 0 Å². The molecule has 1 aromatic carbocycles. The first kappa shape index (κ1) is 14.5. The lowest BCUT2D eigenvalue weighted by molar-refractivity contribution is 0.629. The van der Waals surface area contributed by atoms with Gasteiger partial charge in [0.05, 0.1) is 0 Å². The second-order valence-corrected chi connectivity index (χ2v) is 5.42. The van der Waals surface area contributed by atoms with Gasteiger partial charge < -0.3 is 10.6 Å². The Morgan fingerprint density at radius 2 is 2.12 bits per heavy atom. The summed E-state index contributed by atoms with van der Waals surface area (Å²) >= 11 is 8.62. The first-order valence-corrected chi connectivity index (χ1v) is 7.07. The number of benzene rings is 1. The molecule has 2 nitrogen and oxygen atoms in total. The molecule has 0 aliphatic carbocycles. The Balaban J connectivity index is 3.25. The van der Waals surface area contributed by atoms with Crippen LogP contribution in [0.3, 0.4) is 0 Å². The van der Waals surface area contributed by atoms with E-state index in [9.17, 15) is 0 Å². The van der Waals surface area contributed by atoms with Crippen molar-refractivity contribution in [1.29, 1.82) is 0 Å². The van der Waals surface area contributed by atoms with Gasteiger partial charge in [0.15, 0.2) is 0 Å². The molecule has 0 amide bonds. The SMILES string of the molecule is CCC(C)N(CC)c1cc(Br)ccc1C(N)=S. The monoisotopic (exact) mass is 314 g/mol. The molecule has 0 radical (unpaired) electrons. The van der Waals surface area contributed by atoms with Crippen LogP contribution in [-0.2, 0) is 0 Å². The molecule has 0 fully saturated rings.